The molecule has 2 aliphatic rings. The van der Waals surface area contributed by atoms with E-state index in [1.807, 2.05) is 72.8 Å². The van der Waals surface area contributed by atoms with E-state index >= 15 is 0 Å². The highest BCUT2D eigenvalue weighted by Gasteiger charge is 2.36. The molecule has 6 heteroatoms. The van der Waals surface area contributed by atoms with E-state index in [0.29, 0.717) is 19.3 Å². The second-order valence-corrected chi connectivity index (χ2v) is 10.7. The molecule has 0 bridgehead atoms. The minimum atomic E-state index is -0.837. The molecule has 2 amide bonds. The highest BCUT2D eigenvalue weighted by atomic mass is 16.3. The quantitative estimate of drug-likeness (QED) is 0.387. The van der Waals surface area contributed by atoms with Crippen LogP contribution in [0.25, 0.3) is 0 Å². The smallest absolute Gasteiger partial charge is 0.224 e. The fourth-order valence-corrected chi connectivity index (χ4v) is 5.97. The van der Waals surface area contributed by atoms with Crippen LogP contribution >= 0.6 is 0 Å². The van der Waals surface area contributed by atoms with Gasteiger partial charge in [-0.3, -0.25) is 9.59 Å². The van der Waals surface area contributed by atoms with Gasteiger partial charge in [0.2, 0.25) is 11.8 Å². The third-order valence-electron chi connectivity index (χ3n) is 7.93. The minimum Gasteiger partial charge on any atom is -0.391 e. The van der Waals surface area contributed by atoms with Crippen LogP contribution in [-0.2, 0) is 28.9 Å². The standard InChI is InChI=1S/C32H36N2O4/c35-27(21-34-26(15-16-30(34)37)18-23-11-5-2-6-12-23)19-25(17-22-9-3-1-4-10-22)32(38)33-31-28-14-8-7-13-24(28)20-29(31)36/h1-14,25-27,29,31,35-36H,15-21H2,(H,33,38). The summed E-state index contributed by atoms with van der Waals surface area (Å²) in [6, 6.07) is 27.2. The number of benzene rings is 3. The molecule has 198 valence electrons. The van der Waals surface area contributed by atoms with Crippen molar-refractivity contribution in [1.82, 2.24) is 10.2 Å². The van der Waals surface area contributed by atoms with Gasteiger partial charge in [-0.05, 0) is 47.9 Å². The van der Waals surface area contributed by atoms with Crippen molar-refractivity contribution in [2.45, 2.75) is 62.8 Å². The van der Waals surface area contributed by atoms with Gasteiger partial charge in [0.15, 0.2) is 0 Å². The average Bonchev–Trinajstić information content (AvgIpc) is 3.43. The van der Waals surface area contributed by atoms with Crippen molar-refractivity contribution >= 4 is 11.8 Å². The maximum Gasteiger partial charge on any atom is 0.224 e. The molecule has 0 saturated carbocycles. The largest absolute Gasteiger partial charge is 0.391 e. The second kappa shape index (κ2) is 11.9. The lowest BCUT2D eigenvalue weighted by Gasteiger charge is -2.29. The number of fused-ring (bicyclic) bond motifs is 1. The zero-order valence-corrected chi connectivity index (χ0v) is 21.6. The molecule has 0 radical (unpaired) electrons. The molecule has 1 saturated heterocycles. The Balaban J connectivity index is 1.28. The van der Waals surface area contributed by atoms with E-state index in [9.17, 15) is 19.8 Å². The maximum absolute atomic E-state index is 13.6. The van der Waals surface area contributed by atoms with Crippen molar-refractivity contribution in [3.63, 3.8) is 0 Å². The fourth-order valence-electron chi connectivity index (χ4n) is 5.97. The Morgan fingerprint density at radius 3 is 2.34 bits per heavy atom. The highest BCUT2D eigenvalue weighted by molar-refractivity contribution is 5.80. The number of carbonyl (C=O) groups excluding carboxylic acids is 2. The molecule has 5 atom stereocenters. The predicted octanol–water partition coefficient (Wildman–Crippen LogP) is 3.60. The molecule has 1 aliphatic heterocycles. The zero-order chi connectivity index (χ0) is 26.5. The van der Waals surface area contributed by atoms with E-state index < -0.39 is 24.2 Å². The number of likely N-dealkylation sites (tertiary alicyclic amines) is 1. The van der Waals surface area contributed by atoms with E-state index in [1.165, 1.54) is 5.56 Å². The SMILES string of the molecule is O=C(NC1c2ccccc2CC1O)C(Cc1ccccc1)CC(O)CN1C(=O)CCC1Cc1ccccc1. The number of nitrogens with one attached hydrogen (secondary N) is 1. The third-order valence-corrected chi connectivity index (χ3v) is 7.93. The third kappa shape index (κ3) is 6.14. The summed E-state index contributed by atoms with van der Waals surface area (Å²) in [7, 11) is 0. The number of hydrogen-bond donors (Lipinski definition) is 3. The van der Waals surface area contributed by atoms with E-state index in [-0.39, 0.29) is 30.8 Å². The summed E-state index contributed by atoms with van der Waals surface area (Å²) in [6.07, 6.45) is 1.70. The van der Waals surface area contributed by atoms with Crippen LogP contribution in [0.15, 0.2) is 84.9 Å². The summed E-state index contributed by atoms with van der Waals surface area (Å²) < 4.78 is 0. The number of amides is 2. The molecule has 1 aliphatic carbocycles. The Morgan fingerprint density at radius 1 is 0.947 bits per heavy atom. The van der Waals surface area contributed by atoms with Crippen molar-refractivity contribution in [2.24, 2.45) is 5.92 Å². The van der Waals surface area contributed by atoms with Crippen LogP contribution in [-0.4, -0.2) is 51.7 Å². The maximum atomic E-state index is 13.6. The van der Waals surface area contributed by atoms with Crippen LogP contribution in [0, 0.1) is 5.92 Å². The molecule has 38 heavy (non-hydrogen) atoms. The lowest BCUT2D eigenvalue weighted by Crippen LogP contribution is -2.43. The van der Waals surface area contributed by atoms with Crippen molar-refractivity contribution in [1.29, 1.82) is 0 Å². The zero-order valence-electron chi connectivity index (χ0n) is 21.6. The van der Waals surface area contributed by atoms with Gasteiger partial charge in [-0.2, -0.15) is 0 Å². The molecule has 5 rings (SSSR count). The predicted molar refractivity (Wildman–Crippen MR) is 146 cm³/mol. The van der Waals surface area contributed by atoms with Crippen LogP contribution in [0.4, 0.5) is 0 Å². The summed E-state index contributed by atoms with van der Waals surface area (Å²) >= 11 is 0. The molecule has 6 nitrogen and oxygen atoms in total. The normalized spacial score (nSPS) is 22.2. The monoisotopic (exact) mass is 512 g/mol. The summed E-state index contributed by atoms with van der Waals surface area (Å²) in [5, 5.41) is 24.9. The van der Waals surface area contributed by atoms with Crippen LogP contribution in [0.1, 0.15) is 47.6 Å². The highest BCUT2D eigenvalue weighted by Crippen LogP contribution is 2.32. The lowest BCUT2D eigenvalue weighted by atomic mass is 9.91. The van der Waals surface area contributed by atoms with Crippen LogP contribution in [0.5, 0.6) is 0 Å². The van der Waals surface area contributed by atoms with E-state index in [1.54, 1.807) is 4.90 Å². The van der Waals surface area contributed by atoms with Crippen LogP contribution in [0.3, 0.4) is 0 Å². The van der Waals surface area contributed by atoms with Crippen LogP contribution in [0.2, 0.25) is 0 Å². The van der Waals surface area contributed by atoms with Gasteiger partial charge in [-0.25, -0.2) is 0 Å². The van der Waals surface area contributed by atoms with Crippen molar-refractivity contribution in [3.05, 3.63) is 107 Å². The first-order valence-electron chi connectivity index (χ1n) is 13.6. The fraction of sp³-hybridized carbons (Fsp3) is 0.375. The van der Waals surface area contributed by atoms with Gasteiger partial charge in [-0.1, -0.05) is 84.9 Å². The number of β-amino-alcohol motifs (C(OH)–C–C–N with tert-alkyl or cyclic N) is 1. The Hall–Kier alpha value is -3.48. The van der Waals surface area contributed by atoms with Gasteiger partial charge in [0, 0.05) is 31.3 Å². The first kappa shape index (κ1) is 26.1. The van der Waals surface area contributed by atoms with E-state index in [0.717, 1.165) is 29.5 Å². The lowest BCUT2D eigenvalue weighted by molar-refractivity contribution is -0.131. The Kier molecular flexibility index (Phi) is 8.20. The molecule has 0 aromatic heterocycles. The van der Waals surface area contributed by atoms with E-state index in [2.05, 4.69) is 17.4 Å². The van der Waals surface area contributed by atoms with Crippen LogP contribution < -0.4 is 5.32 Å². The molecule has 1 fully saturated rings. The number of nitrogens with zero attached hydrogens (tertiary/aromatic N) is 1. The Labute approximate surface area is 224 Å². The molecular weight excluding hydrogens is 476 g/mol. The number of rotatable bonds is 10. The van der Waals surface area contributed by atoms with E-state index in [4.69, 9.17) is 0 Å². The van der Waals surface area contributed by atoms with Gasteiger partial charge in [-0.15, -0.1) is 0 Å². The number of aliphatic hydroxyl groups excluding tert-OH is 2. The number of hydrogen-bond acceptors (Lipinski definition) is 4. The topological polar surface area (TPSA) is 89.9 Å². The average molecular weight is 513 g/mol. The van der Waals surface area contributed by atoms with Crippen molar-refractivity contribution < 1.29 is 19.8 Å². The molecule has 3 N–H and O–H groups in total. The number of aliphatic hydroxyl groups is 2. The second-order valence-electron chi connectivity index (χ2n) is 10.7. The molecule has 3 aromatic carbocycles. The van der Waals surface area contributed by atoms with Crippen molar-refractivity contribution in [2.75, 3.05) is 6.54 Å². The Bertz CT molecular complexity index is 1230. The van der Waals surface area contributed by atoms with Gasteiger partial charge in [0.1, 0.15) is 0 Å². The van der Waals surface area contributed by atoms with Crippen molar-refractivity contribution in [3.8, 4) is 0 Å². The number of carbonyl (C=O) groups is 2. The van der Waals surface area contributed by atoms with Gasteiger partial charge < -0.3 is 20.4 Å². The first-order chi connectivity index (χ1) is 18.5. The molecular formula is C32H36N2O4. The summed E-state index contributed by atoms with van der Waals surface area (Å²) in [5.41, 5.74) is 4.16. The van der Waals surface area contributed by atoms with Gasteiger partial charge >= 0.3 is 0 Å². The van der Waals surface area contributed by atoms with Gasteiger partial charge in [0.05, 0.1) is 18.2 Å². The summed E-state index contributed by atoms with van der Waals surface area (Å²) in [4.78, 5) is 28.1. The van der Waals surface area contributed by atoms with Gasteiger partial charge in [0.25, 0.3) is 0 Å². The molecule has 1 heterocycles. The summed E-state index contributed by atoms with van der Waals surface area (Å²) in [5.74, 6) is -0.639. The molecule has 5 unspecified atom stereocenters. The molecule has 0 spiro atoms. The molecule has 3 aromatic rings. The Morgan fingerprint density at radius 2 is 1.61 bits per heavy atom. The first-order valence-corrected chi connectivity index (χ1v) is 13.6. The minimum absolute atomic E-state index is 0.0473. The summed E-state index contributed by atoms with van der Waals surface area (Å²) in [6.45, 7) is 0.212.